The first kappa shape index (κ1) is 18.1. The lowest BCUT2D eigenvalue weighted by Crippen LogP contribution is -2.42. The Bertz CT molecular complexity index is 593. The molecule has 2 rings (SSSR count). The predicted octanol–water partition coefficient (Wildman–Crippen LogP) is 2.39. The van der Waals surface area contributed by atoms with Gasteiger partial charge < -0.3 is 25.2 Å². The van der Waals surface area contributed by atoms with Gasteiger partial charge in [0.25, 0.3) is 0 Å². The maximum atomic E-state index is 11.8. The summed E-state index contributed by atoms with van der Waals surface area (Å²) < 4.78 is 5.48. The maximum Gasteiger partial charge on any atom is 0.247 e. The molecule has 132 valence electrons. The highest BCUT2D eigenvalue weighted by molar-refractivity contribution is 6.02. The highest BCUT2D eigenvalue weighted by Crippen LogP contribution is 2.38. The van der Waals surface area contributed by atoms with Gasteiger partial charge in [-0.2, -0.15) is 0 Å². The minimum Gasteiger partial charge on any atom is -0.495 e. The summed E-state index contributed by atoms with van der Waals surface area (Å²) in [6.07, 6.45) is 3.47. The van der Waals surface area contributed by atoms with Crippen LogP contribution in [0.2, 0.25) is 0 Å². The van der Waals surface area contributed by atoms with Crippen LogP contribution < -0.4 is 20.3 Å². The van der Waals surface area contributed by atoms with E-state index in [0.717, 1.165) is 48.7 Å². The van der Waals surface area contributed by atoms with E-state index in [-0.39, 0.29) is 5.91 Å². The second-order valence-electron chi connectivity index (χ2n) is 6.19. The van der Waals surface area contributed by atoms with Crippen LogP contribution in [0.25, 0.3) is 0 Å². The van der Waals surface area contributed by atoms with E-state index in [9.17, 15) is 4.79 Å². The molecule has 6 heteroatoms. The number of hydrogen-bond acceptors (Lipinski definition) is 5. The molecule has 0 spiro atoms. The number of nitrogens with one attached hydrogen (secondary N) is 2. The molecule has 0 atom stereocenters. The van der Waals surface area contributed by atoms with Gasteiger partial charge in [-0.25, -0.2) is 0 Å². The van der Waals surface area contributed by atoms with E-state index in [0.29, 0.717) is 6.04 Å². The maximum absolute atomic E-state index is 11.8. The van der Waals surface area contributed by atoms with Crippen LogP contribution in [0.4, 0.5) is 17.1 Å². The molecule has 6 nitrogen and oxygen atoms in total. The first-order chi connectivity index (χ1) is 11.5. The van der Waals surface area contributed by atoms with Gasteiger partial charge in [-0.15, -0.1) is 0 Å². The number of rotatable bonds is 6. The summed E-state index contributed by atoms with van der Waals surface area (Å²) in [5, 5.41) is 6.02. The Labute approximate surface area is 144 Å². The smallest absolute Gasteiger partial charge is 0.247 e. The lowest BCUT2D eigenvalue weighted by Gasteiger charge is -2.37. The van der Waals surface area contributed by atoms with E-state index < -0.39 is 0 Å². The van der Waals surface area contributed by atoms with Gasteiger partial charge in [0.05, 0.1) is 24.2 Å². The molecule has 1 aromatic rings. The van der Waals surface area contributed by atoms with Crippen LogP contribution >= 0.6 is 0 Å². The van der Waals surface area contributed by atoms with Crippen LogP contribution in [0, 0.1) is 0 Å². The molecule has 0 aliphatic carbocycles. The molecule has 1 amide bonds. The Kier molecular flexibility index (Phi) is 6.09. The normalized spacial score (nSPS) is 15.3. The van der Waals surface area contributed by atoms with E-state index in [2.05, 4.69) is 41.1 Å². The zero-order valence-electron chi connectivity index (χ0n) is 15.1. The van der Waals surface area contributed by atoms with Crippen LogP contribution in [-0.4, -0.2) is 58.2 Å². The van der Waals surface area contributed by atoms with E-state index in [1.165, 1.54) is 6.08 Å². The number of nitrogens with zero attached hydrogens (tertiary/aromatic N) is 2. The van der Waals surface area contributed by atoms with Gasteiger partial charge in [0.1, 0.15) is 5.75 Å². The average Bonchev–Trinajstić information content (AvgIpc) is 2.61. The Morgan fingerprint density at radius 3 is 2.50 bits per heavy atom. The van der Waals surface area contributed by atoms with E-state index in [1.54, 1.807) is 7.11 Å². The van der Waals surface area contributed by atoms with Crippen molar-refractivity contribution >= 4 is 23.0 Å². The largest absolute Gasteiger partial charge is 0.495 e. The fourth-order valence-electron chi connectivity index (χ4n) is 3.10. The molecule has 1 saturated heterocycles. The van der Waals surface area contributed by atoms with Crippen molar-refractivity contribution < 1.29 is 9.53 Å². The standard InChI is InChI=1S/C18H28N4O2/c1-6-18(23)20-14-11-15(19-2)17(24-5)12-16(14)22-9-7-13(8-10-22)21(3)4/h6,11-13,19H,1,7-10H2,2-5H3,(H,20,23). The van der Waals surface area contributed by atoms with Crippen molar-refractivity contribution in [1.29, 1.82) is 0 Å². The van der Waals surface area contributed by atoms with Gasteiger partial charge in [0.15, 0.2) is 0 Å². The molecule has 0 radical (unpaired) electrons. The van der Waals surface area contributed by atoms with Crippen molar-refractivity contribution in [2.75, 3.05) is 56.9 Å². The molecular formula is C18H28N4O2. The third kappa shape index (κ3) is 4.00. The fourth-order valence-corrected chi connectivity index (χ4v) is 3.10. The molecule has 2 N–H and O–H groups in total. The topological polar surface area (TPSA) is 56.8 Å². The second kappa shape index (κ2) is 8.06. The molecule has 1 heterocycles. The summed E-state index contributed by atoms with van der Waals surface area (Å²) in [7, 11) is 7.74. The zero-order valence-corrected chi connectivity index (χ0v) is 15.1. The summed E-state index contributed by atoms with van der Waals surface area (Å²) in [6, 6.07) is 4.50. The van der Waals surface area contributed by atoms with Crippen molar-refractivity contribution in [2.24, 2.45) is 0 Å². The summed E-state index contributed by atoms with van der Waals surface area (Å²) in [5.74, 6) is 0.547. The number of amides is 1. The number of methoxy groups -OCH3 is 1. The number of piperidine rings is 1. The van der Waals surface area contributed by atoms with E-state index >= 15 is 0 Å². The monoisotopic (exact) mass is 332 g/mol. The fraction of sp³-hybridized carbons (Fsp3) is 0.500. The second-order valence-corrected chi connectivity index (χ2v) is 6.19. The van der Waals surface area contributed by atoms with Crippen molar-refractivity contribution in [3.05, 3.63) is 24.8 Å². The van der Waals surface area contributed by atoms with Crippen molar-refractivity contribution in [1.82, 2.24) is 4.90 Å². The summed E-state index contributed by atoms with van der Waals surface area (Å²) >= 11 is 0. The van der Waals surface area contributed by atoms with Gasteiger partial charge in [-0.05, 0) is 39.1 Å². The Morgan fingerprint density at radius 1 is 1.33 bits per heavy atom. The molecule has 1 aliphatic rings. The number of benzene rings is 1. The number of hydrogen-bond donors (Lipinski definition) is 2. The molecule has 0 unspecified atom stereocenters. The molecular weight excluding hydrogens is 304 g/mol. The van der Waals surface area contributed by atoms with Crippen molar-refractivity contribution in [2.45, 2.75) is 18.9 Å². The third-order valence-corrected chi connectivity index (χ3v) is 4.57. The van der Waals surface area contributed by atoms with Gasteiger partial charge in [0, 0.05) is 32.2 Å². The number of ether oxygens (including phenoxy) is 1. The molecule has 1 aliphatic heterocycles. The van der Waals surface area contributed by atoms with Crippen LogP contribution in [0.3, 0.4) is 0 Å². The predicted molar refractivity (Wildman–Crippen MR) is 100 cm³/mol. The van der Waals surface area contributed by atoms with Gasteiger partial charge >= 0.3 is 0 Å². The van der Waals surface area contributed by atoms with Crippen LogP contribution in [0.5, 0.6) is 5.75 Å². The van der Waals surface area contributed by atoms with E-state index in [4.69, 9.17) is 4.74 Å². The number of carbonyl (C=O) groups is 1. The SMILES string of the molecule is C=CC(=O)Nc1cc(NC)c(OC)cc1N1CCC(N(C)C)CC1. The summed E-state index contributed by atoms with van der Waals surface area (Å²) in [6.45, 7) is 5.43. The zero-order chi connectivity index (χ0) is 17.7. The molecule has 24 heavy (non-hydrogen) atoms. The lowest BCUT2D eigenvalue weighted by molar-refractivity contribution is -0.111. The van der Waals surface area contributed by atoms with Crippen LogP contribution in [0.1, 0.15) is 12.8 Å². The van der Waals surface area contributed by atoms with Crippen LogP contribution in [0.15, 0.2) is 24.8 Å². The Balaban J connectivity index is 2.32. The van der Waals surface area contributed by atoms with Crippen molar-refractivity contribution in [3.63, 3.8) is 0 Å². The Morgan fingerprint density at radius 2 is 2.00 bits per heavy atom. The molecule has 0 bridgehead atoms. The minimum absolute atomic E-state index is 0.216. The number of anilines is 3. The Hall–Kier alpha value is -2.21. The minimum atomic E-state index is -0.216. The molecule has 0 saturated carbocycles. The van der Waals surface area contributed by atoms with E-state index in [1.807, 2.05) is 19.2 Å². The molecule has 1 fully saturated rings. The van der Waals surface area contributed by atoms with Gasteiger partial charge in [-0.1, -0.05) is 6.58 Å². The summed E-state index contributed by atoms with van der Waals surface area (Å²) in [4.78, 5) is 16.4. The van der Waals surface area contributed by atoms with Crippen LogP contribution in [-0.2, 0) is 4.79 Å². The first-order valence-electron chi connectivity index (χ1n) is 8.24. The molecule has 0 aromatic heterocycles. The molecule has 1 aromatic carbocycles. The third-order valence-electron chi connectivity index (χ3n) is 4.57. The number of carbonyl (C=O) groups excluding carboxylic acids is 1. The summed E-state index contributed by atoms with van der Waals surface area (Å²) in [5.41, 5.74) is 2.59. The van der Waals surface area contributed by atoms with Gasteiger partial charge in [-0.3, -0.25) is 4.79 Å². The highest BCUT2D eigenvalue weighted by Gasteiger charge is 2.24. The quantitative estimate of drug-likeness (QED) is 0.784. The van der Waals surface area contributed by atoms with Crippen molar-refractivity contribution in [3.8, 4) is 5.75 Å². The average molecular weight is 332 g/mol. The van der Waals surface area contributed by atoms with Gasteiger partial charge in [0.2, 0.25) is 5.91 Å². The highest BCUT2D eigenvalue weighted by atomic mass is 16.5. The first-order valence-corrected chi connectivity index (χ1v) is 8.24. The lowest BCUT2D eigenvalue weighted by atomic mass is 10.0.